The van der Waals surface area contributed by atoms with E-state index in [0.29, 0.717) is 11.6 Å². The van der Waals surface area contributed by atoms with E-state index in [0.717, 1.165) is 18.4 Å². The molecule has 0 aliphatic carbocycles. The van der Waals surface area contributed by atoms with Gasteiger partial charge < -0.3 is 10.0 Å². The lowest BCUT2D eigenvalue weighted by atomic mass is 9.92. The van der Waals surface area contributed by atoms with E-state index in [2.05, 4.69) is 18.0 Å². The van der Waals surface area contributed by atoms with Gasteiger partial charge in [-0.3, -0.25) is 0 Å². The van der Waals surface area contributed by atoms with E-state index < -0.39 is 5.82 Å². The van der Waals surface area contributed by atoms with Crippen molar-refractivity contribution in [3.05, 3.63) is 53.8 Å². The molecule has 23 heavy (non-hydrogen) atoms. The van der Waals surface area contributed by atoms with Crippen LogP contribution in [0.1, 0.15) is 31.2 Å². The summed E-state index contributed by atoms with van der Waals surface area (Å²) in [6.07, 6.45) is 5.97. The van der Waals surface area contributed by atoms with Crippen molar-refractivity contribution in [1.29, 1.82) is 0 Å². The van der Waals surface area contributed by atoms with Gasteiger partial charge in [-0.25, -0.2) is 4.39 Å². The molecule has 122 valence electrons. The van der Waals surface area contributed by atoms with Gasteiger partial charge in [-0.15, -0.1) is 0 Å². The second-order valence-corrected chi connectivity index (χ2v) is 6.49. The number of benzene rings is 2. The Morgan fingerprint density at radius 2 is 1.96 bits per heavy atom. The molecule has 0 spiro atoms. The normalized spacial score (nSPS) is 19.0. The summed E-state index contributed by atoms with van der Waals surface area (Å²) < 4.78 is 13.2. The van der Waals surface area contributed by atoms with E-state index in [1.54, 1.807) is 6.07 Å². The van der Waals surface area contributed by atoms with Crippen LogP contribution in [0.25, 0.3) is 11.1 Å². The molecular weight excluding hydrogens is 289 g/mol. The summed E-state index contributed by atoms with van der Waals surface area (Å²) in [6.45, 7) is 1.19. The number of rotatable bonds is 4. The number of aromatic hydroxyl groups is 1. The molecule has 0 bridgehead atoms. The zero-order chi connectivity index (χ0) is 16.2. The minimum absolute atomic E-state index is 0.00670. The number of hydrogen-bond acceptors (Lipinski definition) is 2. The highest BCUT2D eigenvalue weighted by atomic mass is 19.1. The Labute approximate surface area is 137 Å². The van der Waals surface area contributed by atoms with Crippen molar-refractivity contribution in [2.75, 3.05) is 13.6 Å². The van der Waals surface area contributed by atoms with Gasteiger partial charge in [-0.1, -0.05) is 30.7 Å². The quantitative estimate of drug-likeness (QED) is 0.890. The predicted molar refractivity (Wildman–Crippen MR) is 92.1 cm³/mol. The standard InChI is InChI=1S/C20H24FNO/c1-22-13-5-4-7-17(22)11-9-15-6-2-3-8-18(15)19-12-10-16(21)14-20(19)23/h2-3,6,8,10,12,14,17,23H,4-5,7,9,11,13H2,1H3. The lowest BCUT2D eigenvalue weighted by molar-refractivity contribution is 0.176. The Hall–Kier alpha value is -1.87. The summed E-state index contributed by atoms with van der Waals surface area (Å²) in [7, 11) is 2.21. The van der Waals surface area contributed by atoms with E-state index in [-0.39, 0.29) is 5.75 Å². The van der Waals surface area contributed by atoms with E-state index in [9.17, 15) is 9.50 Å². The molecule has 1 unspecified atom stereocenters. The zero-order valence-electron chi connectivity index (χ0n) is 13.6. The first-order valence-electron chi connectivity index (χ1n) is 8.42. The fourth-order valence-electron chi connectivity index (χ4n) is 3.56. The van der Waals surface area contributed by atoms with Gasteiger partial charge in [-0.2, -0.15) is 0 Å². The molecule has 1 heterocycles. The molecule has 1 fully saturated rings. The fourth-order valence-corrected chi connectivity index (χ4v) is 3.56. The number of halogens is 1. The molecule has 1 N–H and O–H groups in total. The third-order valence-corrected chi connectivity index (χ3v) is 4.94. The van der Waals surface area contributed by atoms with Gasteiger partial charge in [0.25, 0.3) is 0 Å². The molecular formula is C20H24FNO. The zero-order valence-corrected chi connectivity index (χ0v) is 13.6. The summed E-state index contributed by atoms with van der Waals surface area (Å²) in [6, 6.07) is 13.0. The first kappa shape index (κ1) is 16.0. The predicted octanol–water partition coefficient (Wildman–Crippen LogP) is 4.62. The van der Waals surface area contributed by atoms with Crippen molar-refractivity contribution in [2.24, 2.45) is 0 Å². The van der Waals surface area contributed by atoms with Gasteiger partial charge in [0.05, 0.1) is 0 Å². The highest BCUT2D eigenvalue weighted by Crippen LogP contribution is 2.33. The van der Waals surface area contributed by atoms with Gasteiger partial charge in [0.2, 0.25) is 0 Å². The van der Waals surface area contributed by atoms with E-state index in [4.69, 9.17) is 0 Å². The molecule has 2 aromatic rings. The van der Waals surface area contributed by atoms with Crippen LogP contribution in [0.5, 0.6) is 5.75 Å². The Morgan fingerprint density at radius 1 is 1.13 bits per heavy atom. The molecule has 0 saturated carbocycles. The Morgan fingerprint density at radius 3 is 2.74 bits per heavy atom. The second-order valence-electron chi connectivity index (χ2n) is 6.49. The number of hydrogen-bond donors (Lipinski definition) is 1. The highest BCUT2D eigenvalue weighted by Gasteiger charge is 2.19. The monoisotopic (exact) mass is 313 g/mol. The summed E-state index contributed by atoms with van der Waals surface area (Å²) >= 11 is 0. The van der Waals surface area contributed by atoms with Gasteiger partial charge in [-0.05, 0) is 62.5 Å². The van der Waals surface area contributed by atoms with Gasteiger partial charge in [0.15, 0.2) is 0 Å². The van der Waals surface area contributed by atoms with E-state index >= 15 is 0 Å². The first-order chi connectivity index (χ1) is 11.1. The molecule has 1 aliphatic heterocycles. The minimum atomic E-state index is -0.410. The number of piperidine rings is 1. The number of phenolic OH excluding ortho intramolecular Hbond substituents is 1. The lowest BCUT2D eigenvalue weighted by Crippen LogP contribution is -2.36. The Kier molecular flexibility index (Phi) is 4.97. The molecule has 3 rings (SSSR count). The van der Waals surface area contributed by atoms with Crippen LogP contribution in [0.3, 0.4) is 0 Å². The van der Waals surface area contributed by atoms with Gasteiger partial charge >= 0.3 is 0 Å². The molecule has 2 nitrogen and oxygen atoms in total. The number of nitrogens with zero attached hydrogens (tertiary/aromatic N) is 1. The summed E-state index contributed by atoms with van der Waals surface area (Å²) in [5.74, 6) is -0.403. The number of phenols is 1. The first-order valence-corrected chi connectivity index (χ1v) is 8.42. The van der Waals surface area contributed by atoms with Crippen molar-refractivity contribution < 1.29 is 9.50 Å². The van der Waals surface area contributed by atoms with Gasteiger partial charge in [0, 0.05) is 17.7 Å². The van der Waals surface area contributed by atoms with Crippen molar-refractivity contribution in [2.45, 2.75) is 38.1 Å². The smallest absolute Gasteiger partial charge is 0.126 e. The average molecular weight is 313 g/mol. The Balaban J connectivity index is 1.80. The van der Waals surface area contributed by atoms with E-state index in [1.807, 2.05) is 18.2 Å². The highest BCUT2D eigenvalue weighted by molar-refractivity contribution is 5.73. The van der Waals surface area contributed by atoms with Crippen molar-refractivity contribution in [1.82, 2.24) is 4.90 Å². The molecule has 0 aromatic heterocycles. The van der Waals surface area contributed by atoms with Crippen molar-refractivity contribution >= 4 is 0 Å². The van der Waals surface area contributed by atoms with E-state index in [1.165, 1.54) is 43.5 Å². The van der Waals surface area contributed by atoms with Crippen LogP contribution < -0.4 is 0 Å². The molecule has 1 aliphatic rings. The lowest BCUT2D eigenvalue weighted by Gasteiger charge is -2.32. The largest absolute Gasteiger partial charge is 0.507 e. The van der Waals surface area contributed by atoms with Crippen LogP contribution in [-0.4, -0.2) is 29.6 Å². The maximum atomic E-state index is 13.2. The van der Waals surface area contributed by atoms with Gasteiger partial charge in [0.1, 0.15) is 11.6 Å². The number of likely N-dealkylation sites (tertiary alicyclic amines) is 1. The van der Waals surface area contributed by atoms with Crippen molar-refractivity contribution in [3.8, 4) is 16.9 Å². The molecule has 0 amide bonds. The Bertz CT molecular complexity index is 670. The topological polar surface area (TPSA) is 23.5 Å². The minimum Gasteiger partial charge on any atom is -0.507 e. The number of aryl methyl sites for hydroxylation is 1. The molecule has 0 radical (unpaired) electrons. The summed E-state index contributed by atoms with van der Waals surface area (Å²) in [5.41, 5.74) is 2.93. The third kappa shape index (κ3) is 3.73. The second kappa shape index (κ2) is 7.14. The van der Waals surface area contributed by atoms with Crippen LogP contribution in [0.15, 0.2) is 42.5 Å². The summed E-state index contributed by atoms with van der Waals surface area (Å²) in [4.78, 5) is 2.46. The van der Waals surface area contributed by atoms with Crippen LogP contribution in [-0.2, 0) is 6.42 Å². The molecule has 1 atom stereocenters. The van der Waals surface area contributed by atoms with Crippen LogP contribution in [0.2, 0.25) is 0 Å². The molecule has 1 saturated heterocycles. The molecule has 2 aromatic carbocycles. The fraction of sp³-hybridized carbons (Fsp3) is 0.400. The van der Waals surface area contributed by atoms with Crippen LogP contribution in [0.4, 0.5) is 4.39 Å². The maximum Gasteiger partial charge on any atom is 0.126 e. The average Bonchev–Trinajstić information content (AvgIpc) is 2.55. The summed E-state index contributed by atoms with van der Waals surface area (Å²) in [5, 5.41) is 10.1. The third-order valence-electron chi connectivity index (χ3n) is 4.94. The SMILES string of the molecule is CN1CCCCC1CCc1ccccc1-c1ccc(F)cc1O. The van der Waals surface area contributed by atoms with Crippen LogP contribution >= 0.6 is 0 Å². The molecule has 3 heteroatoms. The van der Waals surface area contributed by atoms with Crippen LogP contribution in [0, 0.1) is 5.82 Å². The van der Waals surface area contributed by atoms with Crippen molar-refractivity contribution in [3.63, 3.8) is 0 Å². The maximum absolute atomic E-state index is 13.2.